The third-order valence-corrected chi connectivity index (χ3v) is 7.73. The number of hydrogen-bond donors (Lipinski definition) is 4. The zero-order valence-electron chi connectivity index (χ0n) is 21.4. The monoisotopic (exact) mass is 570 g/mol. The topological polar surface area (TPSA) is 205 Å². The van der Waals surface area contributed by atoms with Crippen LogP contribution in [0, 0.1) is 6.92 Å². The fourth-order valence-corrected chi connectivity index (χ4v) is 5.16. The number of nitrogens with zero attached hydrogens (tertiary/aromatic N) is 4. The minimum Gasteiger partial charge on any atom is -0.398 e. The molecule has 5 aromatic rings. The highest BCUT2D eigenvalue weighted by Gasteiger charge is 2.21. The van der Waals surface area contributed by atoms with Crippen LogP contribution < -0.4 is 22.1 Å². The number of nitrogens with two attached hydrogens (primary N) is 2. The number of anilines is 3. The van der Waals surface area contributed by atoms with Crippen LogP contribution in [0.25, 0.3) is 21.9 Å². The Hall–Kier alpha value is -5.63. The Morgan fingerprint density at radius 1 is 0.927 bits per heavy atom. The number of nitrogen functional groups attached to an aromatic ring is 1. The minimum atomic E-state index is -4.14. The van der Waals surface area contributed by atoms with Gasteiger partial charge in [-0.1, -0.05) is 0 Å². The summed E-state index contributed by atoms with van der Waals surface area (Å²) < 4.78 is 26.3. The van der Waals surface area contributed by atoms with Crippen molar-refractivity contribution in [2.75, 3.05) is 16.4 Å². The molecule has 0 unspecified atom stereocenters. The van der Waals surface area contributed by atoms with Crippen LogP contribution in [-0.2, 0) is 19.6 Å². The second-order valence-electron chi connectivity index (χ2n) is 8.95. The van der Waals surface area contributed by atoms with Gasteiger partial charge < -0.3 is 22.1 Å². The fraction of sp³-hybridized carbons (Fsp3) is 0.0370. The number of hydrogen-bond acceptors (Lipinski definition) is 9. The van der Waals surface area contributed by atoms with Crippen molar-refractivity contribution in [1.82, 2.24) is 19.2 Å². The number of fused-ring (bicyclic) bond motifs is 1. The molecule has 0 saturated heterocycles. The molecule has 0 aliphatic carbocycles. The number of nitrogens with one attached hydrogen (secondary N) is 2. The number of pyridine rings is 2. The maximum absolute atomic E-state index is 12.8. The predicted octanol–water partition coefficient (Wildman–Crippen LogP) is 2.30. The van der Waals surface area contributed by atoms with Gasteiger partial charge in [0.25, 0.3) is 10.0 Å². The van der Waals surface area contributed by atoms with Crippen LogP contribution in [0.1, 0.15) is 15.9 Å². The molecule has 6 N–H and O–H groups in total. The molecule has 0 atom stereocenters. The van der Waals surface area contributed by atoms with E-state index in [1.807, 2.05) is 25.1 Å². The van der Waals surface area contributed by atoms with Gasteiger partial charge in [0, 0.05) is 40.8 Å². The summed E-state index contributed by atoms with van der Waals surface area (Å²) in [6.45, 7) is 1.95. The van der Waals surface area contributed by atoms with Gasteiger partial charge in [-0.15, -0.1) is 0 Å². The van der Waals surface area contributed by atoms with E-state index in [0.717, 1.165) is 29.1 Å². The molecule has 0 aliphatic rings. The summed E-state index contributed by atoms with van der Waals surface area (Å²) in [7, 11) is -4.14. The Morgan fingerprint density at radius 3 is 2.37 bits per heavy atom. The molecule has 206 valence electrons. The second-order valence-corrected chi connectivity index (χ2v) is 10.7. The SMILES string of the molecule is Cc1ccncc1-c1cc(N)c2cnc(NC(=O)C(=O)Nc3cnn(S(=O)(=O)c4ccc(C(N)=O)cc4)c3)cc2c1. The summed E-state index contributed by atoms with van der Waals surface area (Å²) in [5.41, 5.74) is 14.7. The van der Waals surface area contributed by atoms with Crippen LogP contribution in [0.5, 0.6) is 0 Å². The van der Waals surface area contributed by atoms with Crippen LogP contribution in [-0.4, -0.2) is 45.3 Å². The molecule has 41 heavy (non-hydrogen) atoms. The number of amides is 3. The quantitative estimate of drug-likeness (QED) is 0.174. The van der Waals surface area contributed by atoms with Crippen molar-refractivity contribution in [1.29, 1.82) is 0 Å². The molecule has 5 rings (SSSR count). The molecule has 0 radical (unpaired) electrons. The van der Waals surface area contributed by atoms with Crippen molar-refractivity contribution in [3.8, 4) is 11.1 Å². The predicted molar refractivity (Wildman–Crippen MR) is 151 cm³/mol. The van der Waals surface area contributed by atoms with Crippen molar-refractivity contribution in [2.45, 2.75) is 11.8 Å². The molecule has 3 aromatic heterocycles. The van der Waals surface area contributed by atoms with E-state index < -0.39 is 27.7 Å². The molecule has 3 amide bonds. The van der Waals surface area contributed by atoms with Gasteiger partial charge in [-0.3, -0.25) is 19.4 Å². The highest BCUT2D eigenvalue weighted by molar-refractivity contribution is 7.89. The summed E-state index contributed by atoms with van der Waals surface area (Å²) >= 11 is 0. The standard InChI is InChI=1S/C27H22N8O5S/c1-15-6-7-30-12-21(15)17-8-18-10-24(31-13-22(18)23(28)9-17)34-27(38)26(37)33-19-11-32-35(14-19)41(39,40)20-4-2-16(3-5-20)25(29)36/h2-14H,28H2,1H3,(H2,29,36)(H,33,37)(H,31,34,38). The average Bonchev–Trinajstić information content (AvgIpc) is 3.42. The van der Waals surface area contributed by atoms with E-state index in [9.17, 15) is 22.8 Å². The summed E-state index contributed by atoms with van der Waals surface area (Å²) in [4.78, 5) is 44.5. The third kappa shape index (κ3) is 5.44. The first-order valence-corrected chi connectivity index (χ1v) is 13.4. The van der Waals surface area contributed by atoms with Crippen molar-refractivity contribution in [3.63, 3.8) is 0 Å². The molecule has 0 spiro atoms. The first kappa shape index (κ1) is 27.0. The molecule has 13 nitrogen and oxygen atoms in total. The van der Waals surface area contributed by atoms with E-state index in [-0.39, 0.29) is 22.0 Å². The lowest BCUT2D eigenvalue weighted by atomic mass is 9.99. The van der Waals surface area contributed by atoms with Gasteiger partial charge in [-0.05, 0) is 72.0 Å². The number of carbonyl (C=O) groups excluding carboxylic acids is 3. The van der Waals surface area contributed by atoms with Crippen molar-refractivity contribution < 1.29 is 22.8 Å². The van der Waals surface area contributed by atoms with Crippen LogP contribution in [0.15, 0.2) is 84.4 Å². The van der Waals surface area contributed by atoms with Crippen LogP contribution in [0.4, 0.5) is 17.2 Å². The van der Waals surface area contributed by atoms with Gasteiger partial charge in [0.05, 0.1) is 23.0 Å². The van der Waals surface area contributed by atoms with Crippen LogP contribution in [0.2, 0.25) is 0 Å². The number of aryl methyl sites for hydroxylation is 1. The van der Waals surface area contributed by atoms with Gasteiger partial charge >= 0.3 is 11.8 Å². The first-order valence-electron chi connectivity index (χ1n) is 12.0. The van der Waals surface area contributed by atoms with Gasteiger partial charge in [-0.2, -0.15) is 17.6 Å². The van der Waals surface area contributed by atoms with Gasteiger partial charge in [0.1, 0.15) is 5.82 Å². The van der Waals surface area contributed by atoms with Crippen molar-refractivity contribution >= 4 is 55.7 Å². The molecule has 0 bridgehead atoms. The molecule has 0 aliphatic heterocycles. The zero-order valence-corrected chi connectivity index (χ0v) is 22.2. The number of carbonyl (C=O) groups is 3. The Labute approximate surface area is 233 Å². The number of benzene rings is 2. The smallest absolute Gasteiger partial charge is 0.315 e. The number of rotatable bonds is 6. The van der Waals surface area contributed by atoms with Crippen molar-refractivity contribution in [2.24, 2.45) is 5.73 Å². The normalized spacial score (nSPS) is 11.2. The Balaban J connectivity index is 1.30. The van der Waals surface area contributed by atoms with E-state index in [4.69, 9.17) is 11.5 Å². The number of aromatic nitrogens is 4. The summed E-state index contributed by atoms with van der Waals surface area (Å²) in [6, 6.07) is 12.1. The highest BCUT2D eigenvalue weighted by Crippen LogP contribution is 2.31. The lowest BCUT2D eigenvalue weighted by Gasteiger charge is -2.11. The molecule has 2 aromatic carbocycles. The Morgan fingerprint density at radius 2 is 1.66 bits per heavy atom. The van der Waals surface area contributed by atoms with Gasteiger partial charge in [-0.25, -0.2) is 4.98 Å². The molecular formula is C27H22N8O5S. The maximum Gasteiger partial charge on any atom is 0.315 e. The average molecular weight is 571 g/mol. The Bertz CT molecular complexity index is 1950. The van der Waals surface area contributed by atoms with E-state index in [2.05, 4.69) is 25.7 Å². The van der Waals surface area contributed by atoms with Crippen LogP contribution >= 0.6 is 0 Å². The largest absolute Gasteiger partial charge is 0.398 e. The lowest BCUT2D eigenvalue weighted by molar-refractivity contribution is -0.133. The third-order valence-electron chi connectivity index (χ3n) is 6.17. The molecule has 3 heterocycles. The Kier molecular flexibility index (Phi) is 6.90. The second kappa shape index (κ2) is 10.5. The van der Waals surface area contributed by atoms with Gasteiger partial charge in [0.2, 0.25) is 5.91 Å². The first-order chi connectivity index (χ1) is 19.5. The van der Waals surface area contributed by atoms with E-state index >= 15 is 0 Å². The van der Waals surface area contributed by atoms with Gasteiger partial charge in [0.15, 0.2) is 0 Å². The van der Waals surface area contributed by atoms with E-state index in [0.29, 0.717) is 20.5 Å². The fourth-order valence-electron chi connectivity index (χ4n) is 4.04. The number of primary amides is 1. The molecule has 14 heteroatoms. The van der Waals surface area contributed by atoms with E-state index in [1.165, 1.54) is 30.5 Å². The van der Waals surface area contributed by atoms with Crippen molar-refractivity contribution in [3.05, 3.63) is 90.6 Å². The molecule has 0 fully saturated rings. The highest BCUT2D eigenvalue weighted by atomic mass is 32.2. The minimum absolute atomic E-state index is 0.0433. The summed E-state index contributed by atoms with van der Waals surface area (Å²) in [5.74, 6) is -2.71. The maximum atomic E-state index is 12.8. The molecule has 0 saturated carbocycles. The van der Waals surface area contributed by atoms with Crippen LogP contribution in [0.3, 0.4) is 0 Å². The van der Waals surface area contributed by atoms with E-state index in [1.54, 1.807) is 18.5 Å². The summed E-state index contributed by atoms with van der Waals surface area (Å²) in [6.07, 6.45) is 7.02. The molecular weight excluding hydrogens is 548 g/mol. The lowest BCUT2D eigenvalue weighted by Crippen LogP contribution is -2.29. The zero-order chi connectivity index (χ0) is 29.3. The summed E-state index contributed by atoms with van der Waals surface area (Å²) in [5, 5.41) is 9.83.